The molecule has 4 nitrogen and oxygen atoms in total. The minimum atomic E-state index is -0.232. The summed E-state index contributed by atoms with van der Waals surface area (Å²) in [6.45, 7) is 1.96. The highest BCUT2D eigenvalue weighted by Crippen LogP contribution is 2.41. The van der Waals surface area contributed by atoms with Gasteiger partial charge in [-0.1, -0.05) is 24.3 Å². The van der Waals surface area contributed by atoms with E-state index in [-0.39, 0.29) is 11.9 Å². The van der Waals surface area contributed by atoms with Crippen LogP contribution in [0.4, 0.5) is 4.39 Å². The Kier molecular flexibility index (Phi) is 5.47. The molecule has 2 aromatic heterocycles. The number of pyridine rings is 1. The maximum Gasteiger partial charge on any atom is 0.123 e. The third-order valence-corrected chi connectivity index (χ3v) is 6.85. The molecular formula is C29H26FN3O. The fraction of sp³-hybridized carbons (Fsp3) is 0.207. The van der Waals surface area contributed by atoms with Crippen LogP contribution in [0.15, 0.2) is 91.4 Å². The van der Waals surface area contributed by atoms with E-state index < -0.39 is 0 Å². The molecule has 0 saturated carbocycles. The Hall–Kier alpha value is -3.70. The fourth-order valence-corrected chi connectivity index (χ4v) is 5.24. The van der Waals surface area contributed by atoms with Crippen LogP contribution in [0.3, 0.4) is 0 Å². The summed E-state index contributed by atoms with van der Waals surface area (Å²) in [6, 6.07) is 21.2. The second-order valence-electron chi connectivity index (χ2n) is 8.99. The third kappa shape index (κ3) is 4.03. The number of nitrogens with one attached hydrogen (secondary N) is 1. The predicted octanol–water partition coefficient (Wildman–Crippen LogP) is 6.19. The first-order valence-corrected chi connectivity index (χ1v) is 11.8. The average Bonchev–Trinajstić information content (AvgIpc) is 3.49. The number of para-hydroxylation sites is 1. The molecule has 6 rings (SSSR count). The van der Waals surface area contributed by atoms with Crippen LogP contribution in [0, 0.1) is 5.82 Å². The number of fused-ring (bicyclic) bond motifs is 1. The maximum atomic E-state index is 13.6. The number of hydrogen-bond donors (Lipinski definition) is 1. The summed E-state index contributed by atoms with van der Waals surface area (Å²) in [7, 11) is 0. The van der Waals surface area contributed by atoms with Crippen molar-refractivity contribution in [2.75, 3.05) is 13.1 Å². The molecule has 2 aliphatic rings. The lowest BCUT2D eigenvalue weighted by molar-refractivity contribution is 0.199. The van der Waals surface area contributed by atoms with Crippen LogP contribution in [0.2, 0.25) is 0 Å². The summed E-state index contributed by atoms with van der Waals surface area (Å²) >= 11 is 0. The standard InChI is InChI=1S/C29H26FN3O/c30-23-8-6-21(7-9-23)29-28(20-10-13-31-14-11-20)27(18-32-29)22-12-15-33-19-26(17-24(33)16-22)34-25-4-2-1-3-5-25/h1-11,13-14,16,18,24,26,32H,12,15,17,19H2. The van der Waals surface area contributed by atoms with Crippen LogP contribution in [0.1, 0.15) is 18.4 Å². The highest BCUT2D eigenvalue weighted by molar-refractivity contribution is 5.91. The molecule has 0 radical (unpaired) electrons. The molecule has 1 saturated heterocycles. The first-order valence-electron chi connectivity index (χ1n) is 11.8. The van der Waals surface area contributed by atoms with Gasteiger partial charge in [0.05, 0.1) is 5.69 Å². The van der Waals surface area contributed by atoms with Crippen molar-refractivity contribution in [3.63, 3.8) is 0 Å². The molecule has 4 heterocycles. The monoisotopic (exact) mass is 451 g/mol. The molecule has 1 fully saturated rings. The van der Waals surface area contributed by atoms with Crippen LogP contribution in [-0.4, -0.2) is 40.1 Å². The smallest absolute Gasteiger partial charge is 0.123 e. The van der Waals surface area contributed by atoms with E-state index in [9.17, 15) is 4.39 Å². The zero-order valence-electron chi connectivity index (χ0n) is 18.8. The minimum Gasteiger partial charge on any atom is -0.489 e. The Bertz CT molecular complexity index is 1300. The molecule has 2 unspecified atom stereocenters. The highest BCUT2D eigenvalue weighted by atomic mass is 19.1. The molecule has 0 amide bonds. The van der Waals surface area contributed by atoms with Crippen LogP contribution >= 0.6 is 0 Å². The molecule has 2 aliphatic heterocycles. The third-order valence-electron chi connectivity index (χ3n) is 6.85. The van der Waals surface area contributed by atoms with Gasteiger partial charge in [-0.2, -0.15) is 0 Å². The Morgan fingerprint density at radius 3 is 2.53 bits per heavy atom. The van der Waals surface area contributed by atoms with Crippen molar-refractivity contribution >= 4 is 5.57 Å². The van der Waals surface area contributed by atoms with Crippen LogP contribution < -0.4 is 4.74 Å². The quantitative estimate of drug-likeness (QED) is 0.393. The van der Waals surface area contributed by atoms with Gasteiger partial charge < -0.3 is 9.72 Å². The van der Waals surface area contributed by atoms with Gasteiger partial charge in [0.15, 0.2) is 0 Å². The van der Waals surface area contributed by atoms with Crippen LogP contribution in [-0.2, 0) is 0 Å². The Labute approximate surface area is 198 Å². The number of H-pyrrole nitrogens is 1. The SMILES string of the molecule is Fc1ccc(-c2[nH]cc(C3=CC4CC(Oc5ccccc5)CN4CC3)c2-c2ccncc2)cc1. The first kappa shape index (κ1) is 20.9. The van der Waals surface area contributed by atoms with E-state index in [0.717, 1.165) is 54.1 Å². The normalized spacial score (nSPS) is 20.1. The van der Waals surface area contributed by atoms with Crippen molar-refractivity contribution in [1.82, 2.24) is 14.9 Å². The molecular weight excluding hydrogens is 425 g/mol. The van der Waals surface area contributed by atoms with Gasteiger partial charge in [-0.15, -0.1) is 0 Å². The van der Waals surface area contributed by atoms with Gasteiger partial charge in [0.2, 0.25) is 0 Å². The van der Waals surface area contributed by atoms with Crippen molar-refractivity contribution < 1.29 is 9.13 Å². The minimum absolute atomic E-state index is 0.198. The van der Waals surface area contributed by atoms with Crippen molar-refractivity contribution in [1.29, 1.82) is 0 Å². The Balaban J connectivity index is 1.33. The van der Waals surface area contributed by atoms with E-state index in [1.807, 2.05) is 67.0 Å². The van der Waals surface area contributed by atoms with Crippen molar-refractivity contribution in [2.24, 2.45) is 0 Å². The summed E-state index contributed by atoms with van der Waals surface area (Å²) < 4.78 is 19.8. The summed E-state index contributed by atoms with van der Waals surface area (Å²) in [5, 5.41) is 0. The molecule has 170 valence electrons. The highest BCUT2D eigenvalue weighted by Gasteiger charge is 2.35. The molecule has 0 bridgehead atoms. The second kappa shape index (κ2) is 8.92. The molecule has 2 atom stereocenters. The number of benzene rings is 2. The zero-order valence-corrected chi connectivity index (χ0v) is 18.8. The number of rotatable bonds is 5. The lowest BCUT2D eigenvalue weighted by Crippen LogP contribution is -2.33. The fourth-order valence-electron chi connectivity index (χ4n) is 5.24. The molecule has 0 aliphatic carbocycles. The first-order chi connectivity index (χ1) is 16.7. The van der Waals surface area contributed by atoms with Crippen molar-refractivity contribution in [3.8, 4) is 28.1 Å². The van der Waals surface area contributed by atoms with E-state index in [2.05, 4.69) is 27.1 Å². The van der Waals surface area contributed by atoms with Gasteiger partial charge in [0, 0.05) is 55.3 Å². The summed E-state index contributed by atoms with van der Waals surface area (Å²) in [5.74, 6) is 0.704. The number of aromatic nitrogens is 2. The summed E-state index contributed by atoms with van der Waals surface area (Å²) in [5.41, 5.74) is 6.76. The van der Waals surface area contributed by atoms with E-state index in [4.69, 9.17) is 4.74 Å². The lowest BCUT2D eigenvalue weighted by Gasteiger charge is -2.28. The van der Waals surface area contributed by atoms with E-state index in [1.165, 1.54) is 23.3 Å². The predicted molar refractivity (Wildman–Crippen MR) is 133 cm³/mol. The number of ether oxygens (including phenoxy) is 1. The molecule has 1 N–H and O–H groups in total. The van der Waals surface area contributed by atoms with E-state index in [1.54, 1.807) is 0 Å². The molecule has 4 aromatic rings. The Morgan fingerprint density at radius 2 is 1.74 bits per heavy atom. The lowest BCUT2D eigenvalue weighted by atomic mass is 9.90. The number of nitrogens with zero attached hydrogens (tertiary/aromatic N) is 2. The van der Waals surface area contributed by atoms with Gasteiger partial charge >= 0.3 is 0 Å². The maximum absolute atomic E-state index is 13.6. The van der Waals surface area contributed by atoms with Gasteiger partial charge in [-0.05, 0) is 71.7 Å². The number of hydrogen-bond acceptors (Lipinski definition) is 3. The van der Waals surface area contributed by atoms with Crippen molar-refractivity contribution in [3.05, 3.63) is 103 Å². The van der Waals surface area contributed by atoms with Crippen LogP contribution in [0.5, 0.6) is 5.75 Å². The molecule has 2 aromatic carbocycles. The van der Waals surface area contributed by atoms with Gasteiger partial charge in [-0.25, -0.2) is 4.39 Å². The van der Waals surface area contributed by atoms with Crippen molar-refractivity contribution in [2.45, 2.75) is 25.0 Å². The van der Waals surface area contributed by atoms with E-state index in [0.29, 0.717) is 6.04 Å². The largest absolute Gasteiger partial charge is 0.489 e. The molecule has 0 spiro atoms. The topological polar surface area (TPSA) is 41.1 Å². The number of halogens is 1. The van der Waals surface area contributed by atoms with E-state index >= 15 is 0 Å². The molecule has 5 heteroatoms. The number of aromatic amines is 1. The Morgan fingerprint density at radius 1 is 0.941 bits per heavy atom. The van der Waals surface area contributed by atoms with Gasteiger partial charge in [0.1, 0.15) is 17.7 Å². The molecule has 34 heavy (non-hydrogen) atoms. The average molecular weight is 452 g/mol. The summed E-state index contributed by atoms with van der Waals surface area (Å²) in [6.07, 6.45) is 10.3. The second-order valence-corrected chi connectivity index (χ2v) is 8.99. The van der Waals surface area contributed by atoms with Gasteiger partial charge in [0.25, 0.3) is 0 Å². The van der Waals surface area contributed by atoms with Gasteiger partial charge in [-0.3, -0.25) is 9.88 Å². The summed E-state index contributed by atoms with van der Waals surface area (Å²) in [4.78, 5) is 10.2. The van der Waals surface area contributed by atoms with Crippen LogP contribution in [0.25, 0.3) is 28.0 Å². The zero-order chi connectivity index (χ0) is 22.9.